The quantitative estimate of drug-likeness (QED) is 0.344. The maximum atomic E-state index is 10.4. The Bertz CT molecular complexity index is 717. The summed E-state index contributed by atoms with van der Waals surface area (Å²) in [6.07, 6.45) is 10.8. The SMILES string of the molecule is CC(C)=C1CCC2[C@@](C)(CC[C@@]3(C)[C@H]([C@@H](C)CC[C@H](O)C(C)(C)O)CC[C@]23C)C1CCCO. The van der Waals surface area contributed by atoms with Crippen molar-refractivity contribution in [1.82, 2.24) is 0 Å². The number of fused-ring (bicyclic) bond motifs is 3. The van der Waals surface area contributed by atoms with Crippen molar-refractivity contribution in [3.63, 3.8) is 0 Å². The summed E-state index contributed by atoms with van der Waals surface area (Å²) in [5.74, 6) is 2.63. The van der Waals surface area contributed by atoms with E-state index in [1.54, 1.807) is 19.4 Å². The highest BCUT2D eigenvalue weighted by Gasteiger charge is 2.66. The summed E-state index contributed by atoms with van der Waals surface area (Å²) in [4.78, 5) is 0. The molecule has 0 spiro atoms. The van der Waals surface area contributed by atoms with Crippen LogP contribution >= 0.6 is 0 Å². The first kappa shape index (κ1) is 27.2. The first-order valence-electron chi connectivity index (χ1n) is 13.9. The van der Waals surface area contributed by atoms with Gasteiger partial charge in [-0.15, -0.1) is 0 Å². The van der Waals surface area contributed by atoms with Gasteiger partial charge in [0, 0.05) is 6.61 Å². The molecular weight excluding hydrogens is 408 g/mol. The molecule has 0 amide bonds. The zero-order valence-electron chi connectivity index (χ0n) is 23.0. The van der Waals surface area contributed by atoms with Gasteiger partial charge in [0.2, 0.25) is 0 Å². The van der Waals surface area contributed by atoms with Gasteiger partial charge < -0.3 is 15.3 Å². The van der Waals surface area contributed by atoms with E-state index in [0.29, 0.717) is 47.0 Å². The second-order valence-electron chi connectivity index (χ2n) is 13.7. The highest BCUT2D eigenvalue weighted by Crippen LogP contribution is 2.74. The average molecular weight is 463 g/mol. The van der Waals surface area contributed by atoms with Crippen LogP contribution in [-0.4, -0.2) is 33.6 Å². The summed E-state index contributed by atoms with van der Waals surface area (Å²) in [5, 5.41) is 30.2. The van der Waals surface area contributed by atoms with E-state index in [0.717, 1.165) is 25.2 Å². The van der Waals surface area contributed by atoms with E-state index in [4.69, 9.17) is 0 Å². The van der Waals surface area contributed by atoms with Crippen molar-refractivity contribution < 1.29 is 15.3 Å². The molecule has 0 aromatic rings. The maximum Gasteiger partial charge on any atom is 0.0849 e. The van der Waals surface area contributed by atoms with Gasteiger partial charge in [0.25, 0.3) is 0 Å². The van der Waals surface area contributed by atoms with Gasteiger partial charge >= 0.3 is 0 Å². The van der Waals surface area contributed by atoms with E-state index >= 15 is 0 Å². The standard InChI is InChI=1S/C30H54O3/c1-20(2)22-12-13-25-28(6,24(22)10-9-19-31)17-18-29(7)23(15-16-30(25,29)8)21(3)11-14-26(32)27(4,5)33/h21,23-26,31-33H,9-19H2,1-8H3/t21-,23-,24?,25?,26-,28-,29-,30+/m0/s1. The topological polar surface area (TPSA) is 60.7 Å². The van der Waals surface area contributed by atoms with Gasteiger partial charge in [-0.2, -0.15) is 0 Å². The molecule has 192 valence electrons. The number of hydrogen-bond acceptors (Lipinski definition) is 3. The summed E-state index contributed by atoms with van der Waals surface area (Å²) in [6, 6.07) is 0. The minimum Gasteiger partial charge on any atom is -0.396 e. The highest BCUT2D eigenvalue weighted by molar-refractivity contribution is 5.25. The van der Waals surface area contributed by atoms with Gasteiger partial charge in [0.15, 0.2) is 0 Å². The van der Waals surface area contributed by atoms with E-state index in [-0.39, 0.29) is 0 Å². The molecule has 8 atom stereocenters. The maximum absolute atomic E-state index is 10.4. The molecule has 0 radical (unpaired) electrons. The van der Waals surface area contributed by atoms with Crippen molar-refractivity contribution in [2.24, 2.45) is 39.9 Å². The van der Waals surface area contributed by atoms with E-state index < -0.39 is 11.7 Å². The van der Waals surface area contributed by atoms with Crippen LogP contribution in [0.2, 0.25) is 0 Å². The van der Waals surface area contributed by atoms with Gasteiger partial charge in [0.05, 0.1) is 11.7 Å². The third kappa shape index (κ3) is 4.60. The van der Waals surface area contributed by atoms with Gasteiger partial charge in [-0.05, 0) is 132 Å². The lowest BCUT2D eigenvalue weighted by Crippen LogP contribution is -2.57. The van der Waals surface area contributed by atoms with Crippen LogP contribution < -0.4 is 0 Å². The van der Waals surface area contributed by atoms with Crippen molar-refractivity contribution in [3.05, 3.63) is 11.1 Å². The smallest absolute Gasteiger partial charge is 0.0849 e. The van der Waals surface area contributed by atoms with Gasteiger partial charge in [-0.3, -0.25) is 0 Å². The fourth-order valence-electron chi connectivity index (χ4n) is 9.18. The zero-order valence-corrected chi connectivity index (χ0v) is 23.0. The Balaban J connectivity index is 1.85. The third-order valence-electron chi connectivity index (χ3n) is 11.5. The van der Waals surface area contributed by atoms with Crippen LogP contribution in [0, 0.1) is 39.9 Å². The minimum absolute atomic E-state index is 0.304. The second kappa shape index (κ2) is 9.58. The molecule has 0 aromatic carbocycles. The van der Waals surface area contributed by atoms with Crippen LogP contribution in [0.25, 0.3) is 0 Å². The number of hydrogen-bond donors (Lipinski definition) is 3. The second-order valence-corrected chi connectivity index (χ2v) is 13.7. The van der Waals surface area contributed by atoms with Crippen LogP contribution in [0.5, 0.6) is 0 Å². The normalized spacial score (nSPS) is 40.8. The number of aliphatic hydroxyl groups excluding tert-OH is 2. The van der Waals surface area contributed by atoms with Gasteiger partial charge in [-0.1, -0.05) is 38.8 Å². The molecular formula is C30H54O3. The fourth-order valence-corrected chi connectivity index (χ4v) is 9.18. The predicted octanol–water partition coefficient (Wildman–Crippen LogP) is 6.89. The molecule has 3 fully saturated rings. The lowest BCUT2D eigenvalue weighted by molar-refractivity contribution is -0.145. The molecule has 0 heterocycles. The Hall–Kier alpha value is -0.380. The Morgan fingerprint density at radius 1 is 1.03 bits per heavy atom. The van der Waals surface area contributed by atoms with Crippen LogP contribution in [0.15, 0.2) is 11.1 Å². The monoisotopic (exact) mass is 462 g/mol. The molecule has 3 heteroatoms. The molecule has 3 aliphatic rings. The lowest BCUT2D eigenvalue weighted by atomic mass is 9.40. The van der Waals surface area contributed by atoms with Crippen molar-refractivity contribution in [2.45, 2.75) is 131 Å². The van der Waals surface area contributed by atoms with Crippen LogP contribution in [0.1, 0.15) is 120 Å². The Morgan fingerprint density at radius 3 is 2.27 bits per heavy atom. The number of allylic oxidation sites excluding steroid dienone is 2. The van der Waals surface area contributed by atoms with Gasteiger partial charge in [0.1, 0.15) is 0 Å². The molecule has 33 heavy (non-hydrogen) atoms. The number of rotatable bonds is 8. The molecule has 3 nitrogen and oxygen atoms in total. The lowest BCUT2D eigenvalue weighted by Gasteiger charge is -2.65. The van der Waals surface area contributed by atoms with Crippen LogP contribution in [0.4, 0.5) is 0 Å². The largest absolute Gasteiger partial charge is 0.396 e. The van der Waals surface area contributed by atoms with Crippen molar-refractivity contribution in [1.29, 1.82) is 0 Å². The summed E-state index contributed by atoms with van der Waals surface area (Å²) >= 11 is 0. The van der Waals surface area contributed by atoms with Crippen molar-refractivity contribution in [2.75, 3.05) is 6.61 Å². The highest BCUT2D eigenvalue weighted by atomic mass is 16.3. The molecule has 3 aliphatic carbocycles. The first-order chi connectivity index (χ1) is 15.2. The Labute approximate surface area is 204 Å². The molecule has 0 saturated heterocycles. The van der Waals surface area contributed by atoms with E-state index in [1.807, 2.05) is 0 Å². The van der Waals surface area contributed by atoms with Crippen molar-refractivity contribution >= 4 is 0 Å². The van der Waals surface area contributed by atoms with E-state index in [1.165, 1.54) is 44.1 Å². The predicted molar refractivity (Wildman–Crippen MR) is 138 cm³/mol. The van der Waals surface area contributed by atoms with E-state index in [9.17, 15) is 15.3 Å². The summed E-state index contributed by atoms with van der Waals surface area (Å²) in [5.41, 5.74) is 3.23. The average Bonchev–Trinajstić information content (AvgIpc) is 3.00. The van der Waals surface area contributed by atoms with Crippen LogP contribution in [0.3, 0.4) is 0 Å². The summed E-state index contributed by atoms with van der Waals surface area (Å²) < 4.78 is 0. The molecule has 3 saturated carbocycles. The molecule has 2 unspecified atom stereocenters. The molecule has 3 rings (SSSR count). The van der Waals surface area contributed by atoms with Crippen LogP contribution in [-0.2, 0) is 0 Å². The molecule has 0 aromatic heterocycles. The first-order valence-corrected chi connectivity index (χ1v) is 13.9. The third-order valence-corrected chi connectivity index (χ3v) is 11.5. The Morgan fingerprint density at radius 2 is 1.70 bits per heavy atom. The molecule has 0 aliphatic heterocycles. The summed E-state index contributed by atoms with van der Waals surface area (Å²) in [6.45, 7) is 18.6. The van der Waals surface area contributed by atoms with E-state index in [2.05, 4.69) is 41.5 Å². The summed E-state index contributed by atoms with van der Waals surface area (Å²) in [7, 11) is 0. The minimum atomic E-state index is -1.02. The van der Waals surface area contributed by atoms with Gasteiger partial charge in [-0.25, -0.2) is 0 Å². The molecule has 3 N–H and O–H groups in total. The van der Waals surface area contributed by atoms with Crippen molar-refractivity contribution in [3.8, 4) is 0 Å². The fraction of sp³-hybridized carbons (Fsp3) is 0.933. The Kier molecular flexibility index (Phi) is 7.90. The molecule has 0 bridgehead atoms. The zero-order chi connectivity index (χ0) is 24.8. The number of aliphatic hydroxyl groups is 3.